The largest absolute Gasteiger partial charge is 0.481 e. The molecule has 1 aromatic carbocycles. The SMILES string of the molecule is CC(Oc1ccc(F)cc1)C(=O)NC1CC(C)(C)Cc2nc(-c3ccncc3)ncc21. The Balaban J connectivity index is 1.53. The maximum atomic E-state index is 13.1. The van der Waals surface area contributed by atoms with Gasteiger partial charge in [0, 0.05) is 29.7 Å². The molecule has 1 amide bonds. The van der Waals surface area contributed by atoms with Crippen molar-refractivity contribution in [3.05, 3.63) is 72.1 Å². The van der Waals surface area contributed by atoms with E-state index in [9.17, 15) is 9.18 Å². The summed E-state index contributed by atoms with van der Waals surface area (Å²) in [6.45, 7) is 6.01. The monoisotopic (exact) mass is 420 g/mol. The van der Waals surface area contributed by atoms with Gasteiger partial charge in [0.25, 0.3) is 5.91 Å². The van der Waals surface area contributed by atoms with E-state index < -0.39 is 6.10 Å². The molecular formula is C24H25FN4O2. The van der Waals surface area contributed by atoms with Crippen molar-refractivity contribution in [2.75, 3.05) is 0 Å². The van der Waals surface area contributed by atoms with Crippen LogP contribution in [0, 0.1) is 11.2 Å². The summed E-state index contributed by atoms with van der Waals surface area (Å²) in [6, 6.07) is 9.17. The van der Waals surface area contributed by atoms with E-state index in [-0.39, 0.29) is 23.2 Å². The molecule has 0 spiro atoms. The average molecular weight is 420 g/mol. The Labute approximate surface area is 180 Å². The van der Waals surface area contributed by atoms with E-state index in [2.05, 4.69) is 29.1 Å². The van der Waals surface area contributed by atoms with E-state index in [1.54, 1.807) is 19.3 Å². The number of hydrogen-bond acceptors (Lipinski definition) is 5. The van der Waals surface area contributed by atoms with Crippen LogP contribution in [0.15, 0.2) is 55.0 Å². The highest BCUT2D eigenvalue weighted by molar-refractivity contribution is 5.81. The Kier molecular flexibility index (Phi) is 5.67. The van der Waals surface area contributed by atoms with Crippen LogP contribution in [0.4, 0.5) is 4.39 Å². The topological polar surface area (TPSA) is 77.0 Å². The van der Waals surface area contributed by atoms with E-state index in [0.717, 1.165) is 29.7 Å². The molecular weight excluding hydrogens is 395 g/mol. The third-order valence-corrected chi connectivity index (χ3v) is 5.43. The molecule has 0 bridgehead atoms. The van der Waals surface area contributed by atoms with Gasteiger partial charge in [-0.1, -0.05) is 13.8 Å². The molecule has 1 N–H and O–H groups in total. The fourth-order valence-electron chi connectivity index (χ4n) is 3.88. The number of pyridine rings is 1. The molecule has 4 rings (SSSR count). The van der Waals surface area contributed by atoms with Crippen LogP contribution in [0.2, 0.25) is 0 Å². The summed E-state index contributed by atoms with van der Waals surface area (Å²) in [7, 11) is 0. The third kappa shape index (κ3) is 4.87. The van der Waals surface area contributed by atoms with Gasteiger partial charge in [0.2, 0.25) is 0 Å². The fraction of sp³-hybridized carbons (Fsp3) is 0.333. The normalized spacial score (nSPS) is 18.0. The Morgan fingerprint density at radius 3 is 2.61 bits per heavy atom. The molecule has 3 aromatic rings. The minimum absolute atomic E-state index is 0.0319. The molecule has 0 saturated carbocycles. The molecule has 1 aliphatic carbocycles. The van der Waals surface area contributed by atoms with Gasteiger partial charge >= 0.3 is 0 Å². The number of nitrogens with zero attached hydrogens (tertiary/aromatic N) is 3. The fourth-order valence-corrected chi connectivity index (χ4v) is 3.88. The van der Waals surface area contributed by atoms with Crippen molar-refractivity contribution in [2.45, 2.75) is 45.8 Å². The Morgan fingerprint density at radius 1 is 1.19 bits per heavy atom. The highest BCUT2D eigenvalue weighted by Crippen LogP contribution is 2.40. The van der Waals surface area contributed by atoms with Crippen LogP contribution in [0.1, 0.15) is 44.5 Å². The molecule has 2 heterocycles. The second kappa shape index (κ2) is 8.41. The molecule has 0 saturated heterocycles. The van der Waals surface area contributed by atoms with Gasteiger partial charge in [0.15, 0.2) is 11.9 Å². The molecule has 0 radical (unpaired) electrons. The van der Waals surface area contributed by atoms with E-state index >= 15 is 0 Å². The first-order valence-electron chi connectivity index (χ1n) is 10.3. The zero-order valence-electron chi connectivity index (χ0n) is 17.8. The average Bonchev–Trinajstić information content (AvgIpc) is 2.74. The molecule has 2 atom stereocenters. The summed E-state index contributed by atoms with van der Waals surface area (Å²) in [6.07, 6.45) is 6.09. The first-order valence-corrected chi connectivity index (χ1v) is 10.3. The number of fused-ring (bicyclic) bond motifs is 1. The number of halogens is 1. The predicted octanol–water partition coefficient (Wildman–Crippen LogP) is 4.27. The minimum atomic E-state index is -0.726. The van der Waals surface area contributed by atoms with Crippen molar-refractivity contribution in [1.29, 1.82) is 0 Å². The molecule has 6 nitrogen and oxygen atoms in total. The van der Waals surface area contributed by atoms with Gasteiger partial charge < -0.3 is 10.1 Å². The lowest BCUT2D eigenvalue weighted by Gasteiger charge is -2.37. The first kappa shape index (κ1) is 20.9. The van der Waals surface area contributed by atoms with Crippen LogP contribution in [0.25, 0.3) is 11.4 Å². The van der Waals surface area contributed by atoms with Gasteiger partial charge in [-0.05, 0) is 61.6 Å². The van der Waals surface area contributed by atoms with Crippen LogP contribution < -0.4 is 10.1 Å². The highest BCUT2D eigenvalue weighted by Gasteiger charge is 2.35. The molecule has 2 aromatic heterocycles. The number of ether oxygens (including phenoxy) is 1. The summed E-state index contributed by atoms with van der Waals surface area (Å²) in [4.78, 5) is 26.2. The predicted molar refractivity (Wildman–Crippen MR) is 115 cm³/mol. The lowest BCUT2D eigenvalue weighted by molar-refractivity contribution is -0.128. The van der Waals surface area contributed by atoms with Crippen molar-refractivity contribution >= 4 is 5.91 Å². The van der Waals surface area contributed by atoms with Crippen LogP contribution in [-0.4, -0.2) is 27.0 Å². The van der Waals surface area contributed by atoms with Gasteiger partial charge in [-0.2, -0.15) is 0 Å². The van der Waals surface area contributed by atoms with Crippen molar-refractivity contribution in [3.63, 3.8) is 0 Å². The van der Waals surface area contributed by atoms with Crippen molar-refractivity contribution in [3.8, 4) is 17.1 Å². The molecule has 0 aliphatic heterocycles. The molecule has 160 valence electrons. The quantitative estimate of drug-likeness (QED) is 0.667. The summed E-state index contributed by atoms with van der Waals surface area (Å²) in [5.74, 6) is 0.503. The van der Waals surface area contributed by atoms with Gasteiger partial charge in [-0.15, -0.1) is 0 Å². The van der Waals surface area contributed by atoms with Gasteiger partial charge in [0.05, 0.1) is 11.7 Å². The third-order valence-electron chi connectivity index (χ3n) is 5.43. The van der Waals surface area contributed by atoms with Crippen LogP contribution in [-0.2, 0) is 11.2 Å². The first-order chi connectivity index (χ1) is 14.8. The van der Waals surface area contributed by atoms with E-state index in [1.807, 2.05) is 18.3 Å². The zero-order chi connectivity index (χ0) is 22.0. The van der Waals surface area contributed by atoms with Crippen molar-refractivity contribution in [2.24, 2.45) is 5.41 Å². The van der Waals surface area contributed by atoms with Gasteiger partial charge in [-0.3, -0.25) is 9.78 Å². The van der Waals surface area contributed by atoms with E-state index in [4.69, 9.17) is 9.72 Å². The second-order valence-electron chi connectivity index (χ2n) is 8.65. The Hall–Kier alpha value is -3.35. The minimum Gasteiger partial charge on any atom is -0.481 e. The number of nitrogens with one attached hydrogen (secondary N) is 1. The van der Waals surface area contributed by atoms with Crippen molar-refractivity contribution < 1.29 is 13.9 Å². The number of amides is 1. The van der Waals surface area contributed by atoms with E-state index in [1.165, 1.54) is 24.3 Å². The number of hydrogen-bond donors (Lipinski definition) is 1. The molecule has 31 heavy (non-hydrogen) atoms. The van der Waals surface area contributed by atoms with Crippen molar-refractivity contribution in [1.82, 2.24) is 20.3 Å². The molecule has 0 fully saturated rings. The number of rotatable bonds is 5. The van der Waals surface area contributed by atoms with Gasteiger partial charge in [0.1, 0.15) is 11.6 Å². The molecule has 2 unspecified atom stereocenters. The lowest BCUT2D eigenvalue weighted by atomic mass is 9.74. The van der Waals surface area contributed by atoms with E-state index in [0.29, 0.717) is 11.6 Å². The molecule has 1 aliphatic rings. The number of aromatic nitrogens is 3. The zero-order valence-corrected chi connectivity index (χ0v) is 17.8. The summed E-state index contributed by atoms with van der Waals surface area (Å²) in [5.41, 5.74) is 2.74. The van der Waals surface area contributed by atoms with Crippen LogP contribution in [0.5, 0.6) is 5.75 Å². The maximum Gasteiger partial charge on any atom is 0.261 e. The lowest BCUT2D eigenvalue weighted by Crippen LogP contribution is -2.42. The maximum absolute atomic E-state index is 13.1. The number of carbonyl (C=O) groups excluding carboxylic acids is 1. The summed E-state index contributed by atoms with van der Waals surface area (Å²) in [5, 5.41) is 3.09. The van der Waals surface area contributed by atoms with Crippen LogP contribution in [0.3, 0.4) is 0 Å². The summed E-state index contributed by atoms with van der Waals surface area (Å²) < 4.78 is 18.8. The molecule has 7 heteroatoms. The number of carbonyl (C=O) groups is 1. The number of benzene rings is 1. The Morgan fingerprint density at radius 2 is 1.90 bits per heavy atom. The second-order valence-corrected chi connectivity index (χ2v) is 8.65. The van der Waals surface area contributed by atoms with Crippen LogP contribution >= 0.6 is 0 Å². The summed E-state index contributed by atoms with van der Waals surface area (Å²) >= 11 is 0. The smallest absolute Gasteiger partial charge is 0.261 e. The highest BCUT2D eigenvalue weighted by atomic mass is 19.1. The standard InChI is InChI=1S/C24H25FN4O2/c1-15(31-18-6-4-17(25)5-7-18)23(30)29-21-13-24(2,3)12-20-19(21)14-27-22(28-20)16-8-10-26-11-9-16/h4-11,14-15,21H,12-13H2,1-3H3,(H,29,30). The Bertz CT molecular complexity index is 1070. The van der Waals surface area contributed by atoms with Gasteiger partial charge in [-0.25, -0.2) is 14.4 Å².